The summed E-state index contributed by atoms with van der Waals surface area (Å²) in [6.07, 6.45) is 0. The fourth-order valence-electron chi connectivity index (χ4n) is 14.6. The van der Waals surface area contributed by atoms with Crippen LogP contribution in [0.3, 0.4) is 0 Å². The van der Waals surface area contributed by atoms with Crippen molar-refractivity contribution in [2.45, 2.75) is 131 Å². The molecule has 11 aromatic carbocycles. The smallest absolute Gasteiger partial charge is 0.252 e. The van der Waals surface area contributed by atoms with Gasteiger partial charge in [-0.25, -0.2) is 0 Å². The number of aromatic nitrogens is 1. The minimum atomic E-state index is -0.188. The van der Waals surface area contributed by atoms with Crippen molar-refractivity contribution in [1.82, 2.24) is 4.57 Å². The Balaban J connectivity index is 1.09. The monoisotopic (exact) mass is 1200 g/mol. The fourth-order valence-corrected chi connectivity index (χ4v) is 14.6. The van der Waals surface area contributed by atoms with Crippen LogP contribution in [-0.4, -0.2) is 11.3 Å². The lowest BCUT2D eigenvalue weighted by Gasteiger charge is -2.47. The number of anilines is 12. The van der Waals surface area contributed by atoms with Crippen LogP contribution in [0.1, 0.15) is 132 Å². The van der Waals surface area contributed by atoms with Crippen molar-refractivity contribution in [3.63, 3.8) is 0 Å². The van der Waals surface area contributed by atoms with Gasteiger partial charge < -0.3 is 24.2 Å². The molecule has 4 heterocycles. The number of rotatable bonds is 8. The van der Waals surface area contributed by atoms with Gasteiger partial charge in [-0.3, -0.25) is 0 Å². The van der Waals surface area contributed by atoms with Gasteiger partial charge in [0.05, 0.1) is 33.8 Å². The Hall–Kier alpha value is -9.52. The number of hydrogen-bond donors (Lipinski definition) is 0. The van der Waals surface area contributed by atoms with Crippen LogP contribution in [-0.2, 0) is 27.1 Å². The van der Waals surface area contributed by atoms with Crippen molar-refractivity contribution >= 4 is 113 Å². The molecule has 15 rings (SSSR count). The van der Waals surface area contributed by atoms with E-state index in [0.717, 1.165) is 51.2 Å². The molecule has 3 aliphatic rings. The summed E-state index contributed by atoms with van der Waals surface area (Å²) < 4.78 is 2.65. The molecule has 0 N–H and O–H groups in total. The second-order valence-electron chi connectivity index (χ2n) is 31.2. The molecule has 0 saturated carbocycles. The van der Waals surface area contributed by atoms with Crippen LogP contribution in [0, 0.1) is 0 Å². The van der Waals surface area contributed by atoms with Gasteiger partial charge in [0, 0.05) is 62.0 Å². The van der Waals surface area contributed by atoms with Gasteiger partial charge in [0.2, 0.25) is 0 Å². The third kappa shape index (κ3) is 9.74. The Morgan fingerprint density at radius 2 is 0.728 bits per heavy atom. The van der Waals surface area contributed by atoms with Gasteiger partial charge in [0.25, 0.3) is 6.71 Å². The highest BCUT2D eigenvalue weighted by Crippen LogP contribution is 2.56. The Morgan fingerprint density at radius 1 is 0.293 bits per heavy atom. The first-order valence-corrected chi connectivity index (χ1v) is 33.1. The fraction of sp³-hybridized carbons (Fsp3) is 0.233. The third-order valence-electron chi connectivity index (χ3n) is 19.8. The predicted octanol–water partition coefficient (Wildman–Crippen LogP) is 22.3. The molecule has 92 heavy (non-hydrogen) atoms. The van der Waals surface area contributed by atoms with Gasteiger partial charge in [0.15, 0.2) is 0 Å². The number of fused-ring (bicyclic) bond motifs is 9. The average Bonchev–Trinajstić information content (AvgIpc) is 1.18. The quantitative estimate of drug-likeness (QED) is 0.141. The Labute approximate surface area is 546 Å². The van der Waals surface area contributed by atoms with Gasteiger partial charge >= 0.3 is 0 Å². The molecule has 0 aliphatic carbocycles. The summed E-state index contributed by atoms with van der Waals surface area (Å²) in [5.41, 5.74) is 29.6. The van der Waals surface area contributed by atoms with E-state index in [2.05, 4.69) is 365 Å². The highest BCUT2D eigenvalue weighted by Gasteiger charge is 2.48. The number of hydrogen-bond acceptors (Lipinski definition) is 4. The zero-order valence-corrected chi connectivity index (χ0v) is 56.3. The van der Waals surface area contributed by atoms with Crippen LogP contribution >= 0.6 is 0 Å². The second kappa shape index (κ2) is 21.0. The van der Waals surface area contributed by atoms with Crippen molar-refractivity contribution in [2.24, 2.45) is 0 Å². The summed E-state index contributed by atoms with van der Waals surface area (Å²) >= 11 is 0. The molecular formula is C86H84BN5. The molecule has 0 bridgehead atoms. The Morgan fingerprint density at radius 3 is 1.27 bits per heavy atom. The first kappa shape index (κ1) is 58.8. The molecule has 0 fully saturated rings. The zero-order valence-electron chi connectivity index (χ0n) is 56.3. The topological polar surface area (TPSA) is 17.9 Å². The maximum absolute atomic E-state index is 2.71. The van der Waals surface area contributed by atoms with E-state index in [1.165, 1.54) is 99.9 Å². The number of para-hydroxylation sites is 2. The third-order valence-corrected chi connectivity index (χ3v) is 19.8. The molecule has 0 saturated heterocycles. The molecule has 6 heteroatoms. The van der Waals surface area contributed by atoms with Crippen molar-refractivity contribution in [3.05, 3.63) is 264 Å². The maximum atomic E-state index is 2.71. The lowest BCUT2D eigenvalue weighted by atomic mass is 9.33. The van der Waals surface area contributed by atoms with Gasteiger partial charge in [0.1, 0.15) is 0 Å². The van der Waals surface area contributed by atoms with Crippen molar-refractivity contribution < 1.29 is 0 Å². The van der Waals surface area contributed by atoms with Crippen molar-refractivity contribution in [3.8, 4) is 16.8 Å². The lowest BCUT2D eigenvalue weighted by molar-refractivity contribution is 0.590. The minimum Gasteiger partial charge on any atom is -0.311 e. The Kier molecular flexibility index (Phi) is 13.4. The predicted molar refractivity (Wildman–Crippen MR) is 397 cm³/mol. The molecule has 0 radical (unpaired) electrons. The standard InChI is InChI=1S/C86H84BN5/c1-82(2,3)57-33-40-64(41-34-57)88(65-42-35-58(36-43-65)83(4,5)6)67-44-45-71-74(52-67)90(66-38-31-56(32-39-66)55-25-19-16-20-26-55)75-53-68(89(62-27-21-17-22-28-62)63-29-23-18-24-30-63)54-76-79(75)87(71)72-49-61(86(13,14)15)51-78-81(72)92(76)77-50-60(85(10,11)12)48-70-69-47-59(84(7,8)9)37-46-73(69)91(78)80(70)77/h16-54H,1-15H3. The minimum absolute atomic E-state index is 0.00590. The summed E-state index contributed by atoms with van der Waals surface area (Å²) in [5, 5.41) is 2.57. The van der Waals surface area contributed by atoms with E-state index in [1.807, 2.05) is 0 Å². The normalized spacial score (nSPS) is 13.5. The molecule has 5 nitrogen and oxygen atoms in total. The van der Waals surface area contributed by atoms with E-state index in [1.54, 1.807) is 0 Å². The second-order valence-corrected chi connectivity index (χ2v) is 31.2. The van der Waals surface area contributed by atoms with Gasteiger partial charge in [-0.05, 0) is 198 Å². The van der Waals surface area contributed by atoms with Gasteiger partial charge in [-0.2, -0.15) is 0 Å². The first-order valence-electron chi connectivity index (χ1n) is 33.1. The molecule has 0 unspecified atom stereocenters. The molecule has 456 valence electrons. The highest BCUT2D eigenvalue weighted by atomic mass is 15.2. The SMILES string of the molecule is CC(C)(C)c1ccc(N(c2ccc(C(C)(C)C)cc2)c2ccc3c(c2)N(c2ccc(-c4ccccc4)cc2)c2cc(N(c4ccccc4)c4ccccc4)cc4c2B3c2cc(C(C)(C)C)cc3c2N4c2cc(C(C)(C)C)cc4c5cc(C(C)(C)C)ccc5n-3c24)cc1. The lowest BCUT2D eigenvalue weighted by Crippen LogP contribution is -2.62. The van der Waals surface area contributed by atoms with E-state index in [4.69, 9.17) is 0 Å². The summed E-state index contributed by atoms with van der Waals surface area (Å²) in [4.78, 5) is 10.3. The zero-order chi connectivity index (χ0) is 64.1. The van der Waals surface area contributed by atoms with Crippen LogP contribution in [0.15, 0.2) is 237 Å². The van der Waals surface area contributed by atoms with E-state index in [-0.39, 0.29) is 33.8 Å². The van der Waals surface area contributed by atoms with Crippen LogP contribution in [0.2, 0.25) is 0 Å². The van der Waals surface area contributed by atoms with Crippen LogP contribution in [0.5, 0.6) is 0 Å². The summed E-state index contributed by atoms with van der Waals surface area (Å²) in [6.45, 7) is 34.9. The Bertz CT molecular complexity index is 4760. The summed E-state index contributed by atoms with van der Waals surface area (Å²) in [6, 6.07) is 90.6. The average molecular weight is 1200 g/mol. The van der Waals surface area contributed by atoms with Crippen LogP contribution in [0.4, 0.5) is 68.2 Å². The molecule has 0 amide bonds. The molecule has 1 aromatic heterocycles. The molecular weight excluding hydrogens is 1110 g/mol. The largest absolute Gasteiger partial charge is 0.311 e. The van der Waals surface area contributed by atoms with Crippen molar-refractivity contribution in [2.75, 3.05) is 19.6 Å². The number of nitrogens with zero attached hydrogens (tertiary/aromatic N) is 5. The summed E-state index contributed by atoms with van der Waals surface area (Å²) in [7, 11) is 0. The van der Waals surface area contributed by atoms with Gasteiger partial charge in [-0.15, -0.1) is 0 Å². The maximum Gasteiger partial charge on any atom is 0.252 e. The van der Waals surface area contributed by atoms with E-state index in [0.29, 0.717) is 0 Å². The number of benzene rings is 11. The van der Waals surface area contributed by atoms with Crippen molar-refractivity contribution in [1.29, 1.82) is 0 Å². The van der Waals surface area contributed by atoms with Gasteiger partial charge in [-0.1, -0.05) is 225 Å². The molecule has 3 aliphatic heterocycles. The first-order chi connectivity index (χ1) is 43.8. The molecule has 0 atom stereocenters. The highest BCUT2D eigenvalue weighted by molar-refractivity contribution is 7.00. The van der Waals surface area contributed by atoms with Crippen LogP contribution in [0.25, 0.3) is 38.6 Å². The van der Waals surface area contributed by atoms with E-state index in [9.17, 15) is 0 Å². The molecule has 12 aromatic rings. The van der Waals surface area contributed by atoms with E-state index < -0.39 is 0 Å². The van der Waals surface area contributed by atoms with E-state index >= 15 is 0 Å². The summed E-state index contributed by atoms with van der Waals surface area (Å²) in [5.74, 6) is 0. The van der Waals surface area contributed by atoms with Crippen LogP contribution < -0.4 is 36.0 Å². The molecule has 0 spiro atoms.